The molecule has 1 aromatic heterocycles. The molecule has 3 rings (SSSR count). The van der Waals surface area contributed by atoms with Gasteiger partial charge in [0.2, 0.25) is 5.91 Å². The Bertz CT molecular complexity index is 603. The Balaban J connectivity index is 1.70. The van der Waals surface area contributed by atoms with Crippen LogP contribution in [0.25, 0.3) is 5.69 Å². The lowest BCUT2D eigenvalue weighted by molar-refractivity contribution is -0.116. The Labute approximate surface area is 111 Å². The largest absolute Gasteiger partial charge is 0.349 e. The molecule has 1 aromatic carbocycles. The molecule has 1 N–H and O–H groups in total. The van der Waals surface area contributed by atoms with E-state index in [-0.39, 0.29) is 11.9 Å². The summed E-state index contributed by atoms with van der Waals surface area (Å²) in [6.45, 7) is 3.45. The number of nitrogens with one attached hydrogen (secondary N) is 1. The standard InChI is InChI=1S/C15H15N3O/c1-2-15(19)17-14-8-13(14)11-9-16-18(10-11)12-6-4-3-5-7-12/h2-7,9-10,13-14H,1,8H2,(H,17,19)/t13-,14+/m0/s1. The summed E-state index contributed by atoms with van der Waals surface area (Å²) >= 11 is 0. The molecular formula is C15H15N3O. The number of para-hydroxylation sites is 1. The maximum absolute atomic E-state index is 11.2. The van der Waals surface area contributed by atoms with Gasteiger partial charge in [-0.15, -0.1) is 0 Å². The van der Waals surface area contributed by atoms with E-state index in [0.29, 0.717) is 5.92 Å². The monoisotopic (exact) mass is 253 g/mol. The molecule has 1 amide bonds. The van der Waals surface area contributed by atoms with Crippen molar-refractivity contribution < 1.29 is 4.79 Å². The molecule has 2 aromatic rings. The molecule has 0 bridgehead atoms. The van der Waals surface area contributed by atoms with E-state index in [9.17, 15) is 4.79 Å². The lowest BCUT2D eigenvalue weighted by Gasteiger charge is -2.00. The van der Waals surface area contributed by atoms with Crippen LogP contribution in [0.3, 0.4) is 0 Å². The number of hydrogen-bond donors (Lipinski definition) is 1. The van der Waals surface area contributed by atoms with Crippen LogP contribution in [0.1, 0.15) is 17.9 Å². The molecule has 0 saturated heterocycles. The van der Waals surface area contributed by atoms with Crippen molar-refractivity contribution >= 4 is 5.91 Å². The fourth-order valence-electron chi connectivity index (χ4n) is 2.21. The first-order valence-electron chi connectivity index (χ1n) is 6.31. The van der Waals surface area contributed by atoms with Gasteiger partial charge in [0.05, 0.1) is 11.9 Å². The number of carbonyl (C=O) groups excluding carboxylic acids is 1. The fraction of sp³-hybridized carbons (Fsp3) is 0.200. The molecule has 4 heteroatoms. The summed E-state index contributed by atoms with van der Waals surface area (Å²) in [5.41, 5.74) is 2.21. The van der Waals surface area contributed by atoms with Gasteiger partial charge in [-0.25, -0.2) is 4.68 Å². The lowest BCUT2D eigenvalue weighted by atomic mass is 10.2. The number of amides is 1. The molecule has 19 heavy (non-hydrogen) atoms. The summed E-state index contributed by atoms with van der Waals surface area (Å²) in [4.78, 5) is 11.2. The highest BCUT2D eigenvalue weighted by Crippen LogP contribution is 2.40. The van der Waals surface area contributed by atoms with E-state index >= 15 is 0 Å². The maximum Gasteiger partial charge on any atom is 0.243 e. The van der Waals surface area contributed by atoms with E-state index in [1.165, 1.54) is 11.6 Å². The third-order valence-corrected chi connectivity index (χ3v) is 3.35. The molecule has 1 saturated carbocycles. The third-order valence-electron chi connectivity index (χ3n) is 3.35. The zero-order valence-corrected chi connectivity index (χ0v) is 10.5. The molecule has 0 unspecified atom stereocenters. The molecular weight excluding hydrogens is 238 g/mol. The number of aromatic nitrogens is 2. The maximum atomic E-state index is 11.2. The van der Waals surface area contributed by atoms with Gasteiger partial charge in [-0.1, -0.05) is 24.8 Å². The second kappa shape index (κ2) is 4.72. The molecule has 0 radical (unpaired) electrons. The number of benzene rings is 1. The zero-order chi connectivity index (χ0) is 13.2. The average molecular weight is 253 g/mol. The molecule has 1 aliphatic carbocycles. The van der Waals surface area contributed by atoms with Gasteiger partial charge in [0, 0.05) is 18.2 Å². The number of hydrogen-bond acceptors (Lipinski definition) is 2. The van der Waals surface area contributed by atoms with E-state index < -0.39 is 0 Å². The van der Waals surface area contributed by atoms with Crippen molar-refractivity contribution in [1.29, 1.82) is 0 Å². The normalized spacial score (nSPS) is 20.8. The highest BCUT2D eigenvalue weighted by molar-refractivity contribution is 5.87. The molecule has 1 aliphatic rings. The lowest BCUT2D eigenvalue weighted by Crippen LogP contribution is -2.24. The van der Waals surface area contributed by atoms with Crippen molar-refractivity contribution in [3.63, 3.8) is 0 Å². The van der Waals surface area contributed by atoms with Gasteiger partial charge in [0.15, 0.2) is 0 Å². The van der Waals surface area contributed by atoms with Crippen LogP contribution >= 0.6 is 0 Å². The topological polar surface area (TPSA) is 46.9 Å². The predicted octanol–water partition coefficient (Wildman–Crippen LogP) is 2.03. The molecule has 4 nitrogen and oxygen atoms in total. The van der Waals surface area contributed by atoms with Crippen molar-refractivity contribution in [2.45, 2.75) is 18.4 Å². The highest BCUT2D eigenvalue weighted by Gasteiger charge is 2.39. The quantitative estimate of drug-likeness (QED) is 0.847. The van der Waals surface area contributed by atoms with Crippen molar-refractivity contribution in [2.24, 2.45) is 0 Å². The third kappa shape index (κ3) is 2.42. The predicted molar refractivity (Wildman–Crippen MR) is 73.0 cm³/mol. The summed E-state index contributed by atoms with van der Waals surface area (Å²) in [6, 6.07) is 10.2. The van der Waals surface area contributed by atoms with Crippen LogP contribution in [0.2, 0.25) is 0 Å². The Hall–Kier alpha value is -2.36. The number of nitrogens with zero attached hydrogens (tertiary/aromatic N) is 2. The van der Waals surface area contributed by atoms with Crippen LogP contribution in [0.4, 0.5) is 0 Å². The Morgan fingerprint density at radius 3 is 2.95 bits per heavy atom. The second-order valence-corrected chi connectivity index (χ2v) is 4.72. The minimum absolute atomic E-state index is 0.108. The van der Waals surface area contributed by atoms with Crippen LogP contribution in [0.15, 0.2) is 55.4 Å². The summed E-state index contributed by atoms with van der Waals surface area (Å²) in [5, 5.41) is 7.27. The molecule has 96 valence electrons. The summed E-state index contributed by atoms with van der Waals surface area (Å²) < 4.78 is 1.86. The first-order chi connectivity index (χ1) is 9.28. The summed E-state index contributed by atoms with van der Waals surface area (Å²) in [7, 11) is 0. The van der Waals surface area contributed by atoms with Gasteiger partial charge in [-0.3, -0.25) is 4.79 Å². The van der Waals surface area contributed by atoms with Crippen molar-refractivity contribution in [1.82, 2.24) is 15.1 Å². The van der Waals surface area contributed by atoms with E-state index in [0.717, 1.165) is 12.1 Å². The van der Waals surface area contributed by atoms with Gasteiger partial charge in [0.1, 0.15) is 0 Å². The van der Waals surface area contributed by atoms with Gasteiger partial charge < -0.3 is 5.32 Å². The highest BCUT2D eigenvalue weighted by atomic mass is 16.1. The van der Waals surface area contributed by atoms with Gasteiger partial charge in [-0.2, -0.15) is 5.10 Å². The zero-order valence-electron chi connectivity index (χ0n) is 10.5. The first kappa shape index (κ1) is 11.7. The van der Waals surface area contributed by atoms with Crippen LogP contribution in [0.5, 0.6) is 0 Å². The molecule has 1 fully saturated rings. The van der Waals surface area contributed by atoms with E-state index in [4.69, 9.17) is 0 Å². The van der Waals surface area contributed by atoms with E-state index in [1.807, 2.05) is 47.4 Å². The minimum Gasteiger partial charge on any atom is -0.349 e. The fourth-order valence-corrected chi connectivity index (χ4v) is 2.21. The van der Waals surface area contributed by atoms with Crippen molar-refractivity contribution in [3.05, 3.63) is 60.9 Å². The Morgan fingerprint density at radius 2 is 2.21 bits per heavy atom. The Morgan fingerprint density at radius 1 is 1.42 bits per heavy atom. The smallest absolute Gasteiger partial charge is 0.243 e. The minimum atomic E-state index is -0.108. The summed E-state index contributed by atoms with van der Waals surface area (Å²) in [5.74, 6) is 0.268. The van der Waals surface area contributed by atoms with Crippen molar-refractivity contribution in [3.8, 4) is 5.69 Å². The van der Waals surface area contributed by atoms with E-state index in [1.54, 1.807) is 0 Å². The van der Waals surface area contributed by atoms with Crippen LogP contribution in [0, 0.1) is 0 Å². The van der Waals surface area contributed by atoms with Gasteiger partial charge in [0.25, 0.3) is 0 Å². The number of rotatable bonds is 4. The molecule has 0 aliphatic heterocycles. The van der Waals surface area contributed by atoms with Crippen LogP contribution in [-0.4, -0.2) is 21.7 Å². The van der Waals surface area contributed by atoms with Crippen LogP contribution in [-0.2, 0) is 4.79 Å². The molecule has 2 atom stereocenters. The van der Waals surface area contributed by atoms with E-state index in [2.05, 4.69) is 17.0 Å². The van der Waals surface area contributed by atoms with Gasteiger partial charge in [-0.05, 0) is 30.2 Å². The van der Waals surface area contributed by atoms with Gasteiger partial charge >= 0.3 is 0 Å². The average Bonchev–Trinajstić information content (AvgIpc) is 3.03. The molecule has 1 heterocycles. The molecule has 0 spiro atoms. The summed E-state index contributed by atoms with van der Waals surface area (Å²) in [6.07, 6.45) is 6.18. The Kier molecular flexibility index (Phi) is 2.91. The SMILES string of the molecule is C=CC(=O)N[C@@H]1C[C@H]1c1cnn(-c2ccccc2)c1. The number of carbonyl (C=O) groups is 1. The second-order valence-electron chi connectivity index (χ2n) is 4.72. The first-order valence-corrected chi connectivity index (χ1v) is 6.31. The van der Waals surface area contributed by atoms with Crippen LogP contribution < -0.4 is 5.32 Å². The van der Waals surface area contributed by atoms with Crippen molar-refractivity contribution in [2.75, 3.05) is 0 Å².